The molecule has 1 atom stereocenters. The summed E-state index contributed by atoms with van der Waals surface area (Å²) in [6.45, 7) is 6.45. The summed E-state index contributed by atoms with van der Waals surface area (Å²) in [5.41, 5.74) is 0. The first-order valence-corrected chi connectivity index (χ1v) is 6.34. The maximum absolute atomic E-state index is 12.1. The van der Waals surface area contributed by atoms with Crippen LogP contribution < -0.4 is 5.32 Å². The van der Waals surface area contributed by atoms with E-state index in [4.69, 9.17) is 4.74 Å². The first-order valence-electron chi connectivity index (χ1n) is 6.34. The van der Waals surface area contributed by atoms with E-state index in [1.54, 1.807) is 0 Å². The highest BCUT2D eigenvalue weighted by Gasteiger charge is 2.24. The zero-order valence-corrected chi connectivity index (χ0v) is 10.1. The van der Waals surface area contributed by atoms with Crippen LogP contribution in [0.4, 0.5) is 0 Å². The molecular weight excluding hydrogens is 204 g/mol. The number of nitrogens with one attached hydrogen (secondary N) is 1. The number of carbonyl (C=O) groups excluding carboxylic acids is 1. The normalized spacial score (nSPS) is 28.1. The molecule has 0 bridgehead atoms. The van der Waals surface area contributed by atoms with Crippen LogP contribution in [0.25, 0.3) is 0 Å². The topological polar surface area (TPSA) is 41.6 Å². The number of ether oxygens (including phenoxy) is 1. The minimum atomic E-state index is 0.334. The van der Waals surface area contributed by atoms with Gasteiger partial charge in [-0.3, -0.25) is 4.79 Å². The highest BCUT2D eigenvalue weighted by Crippen LogP contribution is 2.19. The van der Waals surface area contributed by atoms with Gasteiger partial charge < -0.3 is 15.0 Å². The quantitative estimate of drug-likeness (QED) is 0.750. The standard InChI is InChI=1S/C12H22N2O2/c1-10-9-14(5-4-13-10)12(15)8-11-2-6-16-7-3-11/h10-11,13H,2-9H2,1H3. The number of hydrogen-bond donors (Lipinski definition) is 1. The second kappa shape index (κ2) is 5.64. The minimum absolute atomic E-state index is 0.334. The van der Waals surface area contributed by atoms with Crippen LogP contribution in [0.2, 0.25) is 0 Å². The van der Waals surface area contributed by atoms with Crippen molar-refractivity contribution in [3.05, 3.63) is 0 Å². The summed E-state index contributed by atoms with van der Waals surface area (Å²) in [5, 5.41) is 3.36. The summed E-state index contributed by atoms with van der Waals surface area (Å²) < 4.78 is 5.31. The summed E-state index contributed by atoms with van der Waals surface area (Å²) in [6.07, 6.45) is 2.82. The molecule has 16 heavy (non-hydrogen) atoms. The maximum Gasteiger partial charge on any atom is 0.222 e. The van der Waals surface area contributed by atoms with Crippen molar-refractivity contribution >= 4 is 5.91 Å². The lowest BCUT2D eigenvalue weighted by Gasteiger charge is -2.33. The zero-order valence-electron chi connectivity index (χ0n) is 10.1. The maximum atomic E-state index is 12.1. The van der Waals surface area contributed by atoms with Crippen LogP contribution in [0.1, 0.15) is 26.2 Å². The molecule has 0 saturated carbocycles. The van der Waals surface area contributed by atoms with Gasteiger partial charge in [0.25, 0.3) is 0 Å². The molecule has 2 fully saturated rings. The Morgan fingerprint density at radius 3 is 2.88 bits per heavy atom. The van der Waals surface area contributed by atoms with Crippen LogP contribution in [-0.4, -0.2) is 49.7 Å². The molecule has 2 saturated heterocycles. The fraction of sp³-hybridized carbons (Fsp3) is 0.917. The van der Waals surface area contributed by atoms with Crippen LogP contribution in [0.3, 0.4) is 0 Å². The highest BCUT2D eigenvalue weighted by atomic mass is 16.5. The van der Waals surface area contributed by atoms with Crippen molar-refractivity contribution in [2.75, 3.05) is 32.8 Å². The summed E-state index contributed by atoms with van der Waals surface area (Å²) in [6, 6.07) is 0.437. The molecule has 1 N–H and O–H groups in total. The average molecular weight is 226 g/mol. The lowest BCUT2D eigenvalue weighted by molar-refractivity contribution is -0.134. The fourth-order valence-electron chi connectivity index (χ4n) is 2.49. The molecule has 0 spiro atoms. The molecule has 1 unspecified atom stereocenters. The van der Waals surface area contributed by atoms with Crippen LogP contribution in [0.5, 0.6) is 0 Å². The van der Waals surface area contributed by atoms with E-state index in [0.29, 0.717) is 17.9 Å². The van der Waals surface area contributed by atoms with Crippen molar-refractivity contribution in [1.82, 2.24) is 10.2 Å². The van der Waals surface area contributed by atoms with E-state index in [0.717, 1.165) is 52.1 Å². The van der Waals surface area contributed by atoms with Crippen molar-refractivity contribution in [3.63, 3.8) is 0 Å². The Balaban J connectivity index is 1.77. The minimum Gasteiger partial charge on any atom is -0.381 e. The van der Waals surface area contributed by atoms with Crippen molar-refractivity contribution in [2.45, 2.75) is 32.2 Å². The Morgan fingerprint density at radius 1 is 1.44 bits per heavy atom. The molecule has 4 nitrogen and oxygen atoms in total. The third-order valence-corrected chi connectivity index (χ3v) is 3.53. The van der Waals surface area contributed by atoms with E-state index < -0.39 is 0 Å². The molecule has 92 valence electrons. The molecule has 0 aromatic heterocycles. The van der Waals surface area contributed by atoms with E-state index >= 15 is 0 Å². The van der Waals surface area contributed by atoms with E-state index in [1.807, 2.05) is 4.90 Å². The Bertz CT molecular complexity index is 239. The largest absolute Gasteiger partial charge is 0.381 e. The summed E-state index contributed by atoms with van der Waals surface area (Å²) in [4.78, 5) is 14.1. The summed E-state index contributed by atoms with van der Waals surface area (Å²) in [5.74, 6) is 0.881. The smallest absolute Gasteiger partial charge is 0.222 e. The van der Waals surface area contributed by atoms with Crippen LogP contribution in [0.15, 0.2) is 0 Å². The van der Waals surface area contributed by atoms with Gasteiger partial charge in [-0.25, -0.2) is 0 Å². The Hall–Kier alpha value is -0.610. The van der Waals surface area contributed by atoms with Crippen LogP contribution >= 0.6 is 0 Å². The number of hydrogen-bond acceptors (Lipinski definition) is 3. The molecule has 0 radical (unpaired) electrons. The Kier molecular flexibility index (Phi) is 4.18. The van der Waals surface area contributed by atoms with Gasteiger partial charge in [0, 0.05) is 45.3 Å². The molecular formula is C12H22N2O2. The number of amides is 1. The second-order valence-electron chi connectivity index (χ2n) is 4.95. The predicted octanol–water partition coefficient (Wildman–Crippen LogP) is 0.623. The van der Waals surface area contributed by atoms with Gasteiger partial charge in [0.15, 0.2) is 0 Å². The predicted molar refractivity (Wildman–Crippen MR) is 62.2 cm³/mol. The van der Waals surface area contributed by atoms with Crippen molar-refractivity contribution in [3.8, 4) is 0 Å². The van der Waals surface area contributed by atoms with Crippen LogP contribution in [0, 0.1) is 5.92 Å². The molecule has 0 aromatic carbocycles. The highest BCUT2D eigenvalue weighted by molar-refractivity contribution is 5.76. The lowest BCUT2D eigenvalue weighted by atomic mass is 9.95. The number of piperazine rings is 1. The van der Waals surface area contributed by atoms with E-state index in [1.165, 1.54) is 0 Å². The van der Waals surface area contributed by atoms with Gasteiger partial charge in [0.2, 0.25) is 5.91 Å². The molecule has 0 aliphatic carbocycles. The summed E-state index contributed by atoms with van der Waals surface area (Å²) in [7, 11) is 0. The van der Waals surface area contributed by atoms with Gasteiger partial charge >= 0.3 is 0 Å². The van der Waals surface area contributed by atoms with Crippen molar-refractivity contribution in [1.29, 1.82) is 0 Å². The monoisotopic (exact) mass is 226 g/mol. The van der Waals surface area contributed by atoms with Gasteiger partial charge in [-0.05, 0) is 25.7 Å². The van der Waals surface area contributed by atoms with Crippen molar-refractivity contribution < 1.29 is 9.53 Å². The first-order chi connectivity index (χ1) is 7.75. The molecule has 4 heteroatoms. The number of nitrogens with zero attached hydrogens (tertiary/aromatic N) is 1. The molecule has 1 amide bonds. The average Bonchev–Trinajstić information content (AvgIpc) is 2.30. The van der Waals surface area contributed by atoms with E-state index in [9.17, 15) is 4.79 Å². The molecule has 2 rings (SSSR count). The van der Waals surface area contributed by atoms with E-state index in [-0.39, 0.29) is 0 Å². The van der Waals surface area contributed by atoms with Gasteiger partial charge in [-0.2, -0.15) is 0 Å². The molecule has 2 aliphatic rings. The third-order valence-electron chi connectivity index (χ3n) is 3.53. The van der Waals surface area contributed by atoms with Gasteiger partial charge in [-0.1, -0.05) is 0 Å². The SMILES string of the molecule is CC1CN(C(=O)CC2CCOCC2)CCN1. The zero-order chi connectivity index (χ0) is 11.4. The Labute approximate surface area is 97.3 Å². The molecule has 2 aliphatic heterocycles. The number of carbonyl (C=O) groups is 1. The summed E-state index contributed by atoms with van der Waals surface area (Å²) >= 11 is 0. The Morgan fingerprint density at radius 2 is 2.19 bits per heavy atom. The van der Waals surface area contributed by atoms with Crippen molar-refractivity contribution in [2.24, 2.45) is 5.92 Å². The van der Waals surface area contributed by atoms with Crippen LogP contribution in [-0.2, 0) is 9.53 Å². The number of rotatable bonds is 2. The van der Waals surface area contributed by atoms with Gasteiger partial charge in [0.1, 0.15) is 0 Å². The second-order valence-corrected chi connectivity index (χ2v) is 4.95. The third kappa shape index (κ3) is 3.19. The molecule has 0 aromatic rings. The lowest BCUT2D eigenvalue weighted by Crippen LogP contribution is -2.51. The fourth-order valence-corrected chi connectivity index (χ4v) is 2.49. The first kappa shape index (κ1) is 11.9. The van der Waals surface area contributed by atoms with E-state index in [2.05, 4.69) is 12.2 Å². The van der Waals surface area contributed by atoms with Gasteiger partial charge in [-0.15, -0.1) is 0 Å². The van der Waals surface area contributed by atoms with Gasteiger partial charge in [0.05, 0.1) is 0 Å². The molecule has 2 heterocycles.